The molecule has 0 spiro atoms. The number of phenols is 1. The Morgan fingerprint density at radius 2 is 0.359 bits per heavy atom. The maximum atomic E-state index is 14.4. The lowest BCUT2D eigenvalue weighted by molar-refractivity contribution is 0.0711. The van der Waals surface area contributed by atoms with Crippen molar-refractivity contribution in [1.29, 1.82) is 0 Å². The summed E-state index contributed by atoms with van der Waals surface area (Å²) in [5, 5.41) is 12.3. The predicted octanol–water partition coefficient (Wildman–Crippen LogP) is 14.6. The molecule has 8 bridgehead atoms. The number of fused-ring (bicyclic) bond motifs is 8. The third kappa shape index (κ3) is 14.1. The van der Waals surface area contributed by atoms with Crippen molar-refractivity contribution >= 4 is 41.8 Å². The Hall–Kier alpha value is -12.5. The van der Waals surface area contributed by atoms with Crippen LogP contribution in [0.5, 0.6) is 46.0 Å². The number of ether oxygens (including phenoxy) is 7. The lowest BCUT2D eigenvalue weighted by atomic mass is 9.91. The number of rotatable bonds is 14. The maximum absolute atomic E-state index is 14.4. The highest BCUT2D eigenvalue weighted by Crippen LogP contribution is 2.43. The van der Waals surface area contributed by atoms with Crippen LogP contribution in [0.1, 0.15) is 117 Å². The lowest BCUT2D eigenvalue weighted by Gasteiger charge is -2.22. The first-order chi connectivity index (χ1) is 44.8. The van der Waals surface area contributed by atoms with Crippen LogP contribution in [0.25, 0.3) is 0 Å². The fourth-order valence-electron chi connectivity index (χ4n) is 10.4. The fourth-order valence-corrected chi connectivity index (χ4v) is 10.4. The van der Waals surface area contributed by atoms with Gasteiger partial charge in [0.25, 0.3) is 0 Å². The lowest BCUT2D eigenvalue weighted by Crippen LogP contribution is -2.16. The number of benzene rings is 11. The Morgan fingerprint density at radius 3 is 0.543 bits per heavy atom. The summed E-state index contributed by atoms with van der Waals surface area (Å²) in [5.74, 6) is -6.47. The predicted molar refractivity (Wildman–Crippen MR) is 338 cm³/mol. The second kappa shape index (κ2) is 27.3. The second-order valence-corrected chi connectivity index (χ2v) is 21.3. The van der Waals surface area contributed by atoms with Crippen LogP contribution in [0, 0.1) is 0 Å². The van der Waals surface area contributed by atoms with Gasteiger partial charge >= 0.3 is 41.8 Å². The van der Waals surface area contributed by atoms with E-state index in [1.807, 2.05) is 0 Å². The molecule has 0 saturated carbocycles. The van der Waals surface area contributed by atoms with Crippen molar-refractivity contribution in [2.75, 3.05) is 0 Å². The summed E-state index contributed by atoms with van der Waals surface area (Å²) in [6, 6.07) is 69.4. The summed E-state index contributed by atoms with van der Waals surface area (Å²) in [5.41, 5.74) is 3.33. The van der Waals surface area contributed by atoms with E-state index >= 15 is 0 Å². The molecule has 0 saturated heterocycles. The summed E-state index contributed by atoms with van der Waals surface area (Å²) in [6.45, 7) is 0. The van der Waals surface area contributed by atoms with Crippen LogP contribution in [0.4, 0.5) is 0 Å². The number of hydrogen-bond acceptors (Lipinski definition) is 15. The Bertz CT molecular complexity index is 4540. The first-order valence-electron chi connectivity index (χ1n) is 29.1. The van der Waals surface area contributed by atoms with Gasteiger partial charge in [0.15, 0.2) is 0 Å². The van der Waals surface area contributed by atoms with Crippen molar-refractivity contribution in [3.05, 3.63) is 344 Å². The normalized spacial score (nSPS) is 11.4. The Kier molecular flexibility index (Phi) is 17.7. The molecule has 1 N–H and O–H groups in total. The summed E-state index contributed by atoms with van der Waals surface area (Å²) in [7, 11) is 0. The van der Waals surface area contributed by atoms with Gasteiger partial charge in [-0.05, 0) is 154 Å². The number of esters is 7. The van der Waals surface area contributed by atoms with Crippen LogP contribution < -0.4 is 33.2 Å². The summed E-state index contributed by atoms with van der Waals surface area (Å²) in [4.78, 5) is 100.0. The van der Waals surface area contributed by atoms with Crippen molar-refractivity contribution < 1.29 is 71.8 Å². The van der Waals surface area contributed by atoms with Crippen molar-refractivity contribution in [1.82, 2.24) is 0 Å². The highest BCUT2D eigenvalue weighted by atomic mass is 16.6. The van der Waals surface area contributed by atoms with E-state index in [9.17, 15) is 38.7 Å². The average molecular weight is 1220 g/mol. The molecule has 1 aliphatic carbocycles. The topological polar surface area (TPSA) is 204 Å². The first-order valence-corrected chi connectivity index (χ1v) is 29.1. The highest BCUT2D eigenvalue weighted by molar-refractivity contribution is 5.96. The van der Waals surface area contributed by atoms with Gasteiger partial charge in [-0.15, -0.1) is 0 Å². The minimum absolute atomic E-state index is 0.0832. The number of hydrogen-bond donors (Lipinski definition) is 1. The molecule has 11 aromatic rings. The molecule has 0 aromatic heterocycles. The van der Waals surface area contributed by atoms with E-state index in [0.717, 1.165) is 0 Å². The molecule has 12 rings (SSSR count). The maximum Gasteiger partial charge on any atom is 0.343 e. The molecule has 15 heteroatoms. The molecule has 92 heavy (non-hydrogen) atoms. The molecular weight excluding hydrogens is 1160 g/mol. The van der Waals surface area contributed by atoms with Gasteiger partial charge in [-0.1, -0.05) is 127 Å². The van der Waals surface area contributed by atoms with Crippen LogP contribution in [0.15, 0.2) is 261 Å². The second-order valence-electron chi connectivity index (χ2n) is 21.3. The molecule has 450 valence electrons. The highest BCUT2D eigenvalue weighted by Gasteiger charge is 2.29. The Balaban J connectivity index is 1.13. The summed E-state index contributed by atoms with van der Waals surface area (Å²) in [6.07, 6.45) is -0.891. The van der Waals surface area contributed by atoms with Crippen LogP contribution >= 0.6 is 0 Å². The third-order valence-corrected chi connectivity index (χ3v) is 15.0. The van der Waals surface area contributed by atoms with Gasteiger partial charge < -0.3 is 38.3 Å². The fraction of sp³-hybridized carbons (Fsp3) is 0.0519. The van der Waals surface area contributed by atoms with E-state index in [1.165, 1.54) is 24.3 Å². The molecule has 0 atom stereocenters. The summed E-state index contributed by atoms with van der Waals surface area (Å²) >= 11 is 0. The van der Waals surface area contributed by atoms with Crippen molar-refractivity contribution in [3.8, 4) is 46.0 Å². The minimum Gasteiger partial charge on any atom is -0.508 e. The van der Waals surface area contributed by atoms with Crippen molar-refractivity contribution in [2.45, 2.75) is 25.7 Å². The molecule has 0 aliphatic heterocycles. The van der Waals surface area contributed by atoms with Gasteiger partial charge in [0, 0.05) is 49.9 Å². The van der Waals surface area contributed by atoms with E-state index < -0.39 is 41.8 Å². The van der Waals surface area contributed by atoms with E-state index in [1.54, 1.807) is 237 Å². The monoisotopic (exact) mass is 1220 g/mol. The van der Waals surface area contributed by atoms with E-state index in [4.69, 9.17) is 33.2 Å². The van der Waals surface area contributed by atoms with Crippen LogP contribution in [-0.2, 0) is 25.7 Å². The SMILES string of the molecule is O=C(Oc1cc(OC(=O)c2ccccc2)c2cc1Cc1cc(c(OC(=O)c3ccccc3)cc1O)Cc1cc(c(OC(=O)c3ccccc3)cc1OC(=O)c1ccccc1)Cc1cc(c(OC(=O)c3ccccc3)cc1OC(=O)c1ccccc1)C2)c1ccccc1. The van der Waals surface area contributed by atoms with Crippen molar-refractivity contribution in [3.63, 3.8) is 0 Å². The van der Waals surface area contributed by atoms with Crippen LogP contribution in [0.3, 0.4) is 0 Å². The van der Waals surface area contributed by atoms with Gasteiger partial charge in [0.05, 0.1) is 38.9 Å². The smallest absolute Gasteiger partial charge is 0.343 e. The van der Waals surface area contributed by atoms with E-state index in [0.29, 0.717) is 0 Å². The quantitative estimate of drug-likeness (QED) is 0.0794. The number of carbonyl (C=O) groups is 7. The van der Waals surface area contributed by atoms with Crippen LogP contribution in [-0.4, -0.2) is 46.9 Å². The van der Waals surface area contributed by atoms with Gasteiger partial charge in [0.1, 0.15) is 46.0 Å². The summed E-state index contributed by atoms with van der Waals surface area (Å²) < 4.78 is 43.9. The average Bonchev–Trinajstić information content (AvgIpc) is 0.855. The molecule has 0 radical (unpaired) electrons. The zero-order valence-electron chi connectivity index (χ0n) is 48.8. The molecule has 0 fully saturated rings. The zero-order chi connectivity index (χ0) is 63.5. The molecule has 0 amide bonds. The Morgan fingerprint density at radius 1 is 0.207 bits per heavy atom. The van der Waals surface area contributed by atoms with Crippen molar-refractivity contribution in [2.24, 2.45) is 0 Å². The minimum atomic E-state index is -0.789. The van der Waals surface area contributed by atoms with E-state index in [2.05, 4.69) is 0 Å². The molecule has 0 heterocycles. The van der Waals surface area contributed by atoms with E-state index in [-0.39, 0.29) is 155 Å². The molecule has 0 unspecified atom stereocenters. The molecule has 11 aromatic carbocycles. The number of aromatic hydroxyl groups is 1. The zero-order valence-corrected chi connectivity index (χ0v) is 48.8. The largest absolute Gasteiger partial charge is 0.508 e. The standard InChI is InChI=1S/C77H52O15/c78-63-44-64(86-71(79)48-22-8-1-9-23-48)56-36-55(63)37-57-39-59(66(88-73(81)50-26-12-3-13-27-50)45-65(57)87-72(80)49-24-10-2-11-25-49)41-61-43-62(70(92-77(85)54-34-20-7-21-35-54)47-69(61)91-76(84)53-32-18-6-19-33-53)42-60-40-58(38-56)67(89-74(82)51-28-14-4-15-29-51)46-68(60)90-75(83)52-30-16-5-17-31-52/h1-36,39-40,43-47,78H,37-38,41-42H2. The van der Waals surface area contributed by atoms with Crippen LogP contribution in [0.2, 0.25) is 0 Å². The molecular formula is C77H52O15. The number of phenolic OH excluding ortho intramolecular Hbond substituents is 1. The molecule has 15 nitrogen and oxygen atoms in total. The van der Waals surface area contributed by atoms with Gasteiger partial charge in [-0.3, -0.25) is 0 Å². The third-order valence-electron chi connectivity index (χ3n) is 15.0. The van der Waals surface area contributed by atoms with Gasteiger partial charge in [-0.2, -0.15) is 0 Å². The Labute approximate surface area is 527 Å². The first kappa shape index (κ1) is 59.8. The van der Waals surface area contributed by atoms with Gasteiger partial charge in [0.2, 0.25) is 0 Å². The van der Waals surface area contributed by atoms with Gasteiger partial charge in [-0.25, -0.2) is 33.6 Å². The number of carbonyl (C=O) groups excluding carboxylic acids is 7. The molecule has 1 aliphatic rings.